The molecule has 0 spiro atoms. The molecule has 0 saturated carbocycles. The zero-order valence-corrected chi connectivity index (χ0v) is 15.1. The minimum absolute atomic E-state index is 0.128. The minimum atomic E-state index is -1.04. The van der Waals surface area contributed by atoms with E-state index in [1.165, 1.54) is 40.5 Å². The Hall–Kier alpha value is -3.07. The van der Waals surface area contributed by atoms with Crippen molar-refractivity contribution < 1.29 is 14.7 Å². The van der Waals surface area contributed by atoms with Crippen molar-refractivity contribution in [3.05, 3.63) is 50.6 Å². The lowest BCUT2D eigenvalue weighted by Gasteiger charge is -2.10. The summed E-state index contributed by atoms with van der Waals surface area (Å²) in [5.41, 5.74) is 1.33. The fourth-order valence-electron chi connectivity index (χ4n) is 3.24. The van der Waals surface area contributed by atoms with Crippen LogP contribution in [0.1, 0.15) is 33.6 Å². The summed E-state index contributed by atoms with van der Waals surface area (Å²) in [7, 11) is 0. The van der Waals surface area contributed by atoms with Crippen LogP contribution in [0.3, 0.4) is 0 Å². The molecule has 0 saturated heterocycles. The number of aromatic carboxylic acids is 1. The van der Waals surface area contributed by atoms with Crippen molar-refractivity contribution >= 4 is 39.1 Å². The SMILES string of the molecule is O=C(Cn1nnc2sc3c(c2c1=O)CCCC3)Nc1ccc(C(=O)O)cc1. The molecule has 138 valence electrons. The number of benzene rings is 1. The van der Waals surface area contributed by atoms with Crippen LogP contribution >= 0.6 is 11.3 Å². The average Bonchev–Trinajstić information content (AvgIpc) is 3.04. The highest BCUT2D eigenvalue weighted by Gasteiger charge is 2.21. The van der Waals surface area contributed by atoms with Crippen molar-refractivity contribution in [3.8, 4) is 0 Å². The number of amides is 1. The highest BCUT2D eigenvalue weighted by molar-refractivity contribution is 7.18. The van der Waals surface area contributed by atoms with Crippen LogP contribution in [0.15, 0.2) is 29.1 Å². The van der Waals surface area contributed by atoms with Gasteiger partial charge in [-0.15, -0.1) is 16.4 Å². The number of hydrogen-bond donors (Lipinski definition) is 2. The maximum Gasteiger partial charge on any atom is 0.335 e. The van der Waals surface area contributed by atoms with Gasteiger partial charge in [-0.3, -0.25) is 9.59 Å². The van der Waals surface area contributed by atoms with Crippen LogP contribution in [0.25, 0.3) is 10.2 Å². The Morgan fingerprint density at radius 2 is 1.93 bits per heavy atom. The molecule has 1 aromatic carbocycles. The molecule has 1 aliphatic carbocycles. The molecule has 0 aliphatic heterocycles. The zero-order valence-electron chi connectivity index (χ0n) is 14.3. The first-order valence-corrected chi connectivity index (χ1v) is 9.36. The largest absolute Gasteiger partial charge is 0.478 e. The number of carboxylic acids is 1. The van der Waals surface area contributed by atoms with Crippen LogP contribution in [0.5, 0.6) is 0 Å². The number of nitrogens with zero attached hydrogens (tertiary/aromatic N) is 3. The van der Waals surface area contributed by atoms with Crippen molar-refractivity contribution in [1.82, 2.24) is 15.0 Å². The van der Waals surface area contributed by atoms with E-state index in [-0.39, 0.29) is 17.7 Å². The second kappa shape index (κ2) is 6.92. The summed E-state index contributed by atoms with van der Waals surface area (Å²) >= 11 is 1.51. The first kappa shape index (κ1) is 17.3. The standard InChI is InChI=1S/C18H16N4O4S/c23-14(19-11-7-5-10(6-8-11)18(25)26)9-22-17(24)15-12-3-1-2-4-13(12)27-16(15)20-21-22/h5-8H,1-4,9H2,(H,19,23)(H,25,26). The fourth-order valence-corrected chi connectivity index (χ4v) is 4.44. The predicted molar refractivity (Wildman–Crippen MR) is 100 cm³/mol. The molecular weight excluding hydrogens is 368 g/mol. The zero-order chi connectivity index (χ0) is 19.0. The van der Waals surface area contributed by atoms with E-state index in [1.807, 2.05) is 0 Å². The van der Waals surface area contributed by atoms with E-state index in [0.717, 1.165) is 35.9 Å². The highest BCUT2D eigenvalue weighted by atomic mass is 32.1. The molecule has 2 heterocycles. The Bertz CT molecular complexity index is 1100. The van der Waals surface area contributed by atoms with Gasteiger partial charge in [0.1, 0.15) is 6.54 Å². The number of aryl methyl sites for hydroxylation is 2. The topological polar surface area (TPSA) is 114 Å². The molecule has 1 amide bonds. The van der Waals surface area contributed by atoms with E-state index in [0.29, 0.717) is 15.9 Å². The van der Waals surface area contributed by atoms with Crippen LogP contribution in [0.2, 0.25) is 0 Å². The second-order valence-corrected chi connectivity index (χ2v) is 7.46. The molecule has 0 unspecified atom stereocenters. The summed E-state index contributed by atoms with van der Waals surface area (Å²) < 4.78 is 1.07. The number of carboxylic acid groups (broad SMARTS) is 1. The lowest BCUT2D eigenvalue weighted by atomic mass is 9.97. The molecule has 0 fully saturated rings. The molecule has 2 N–H and O–H groups in total. The third kappa shape index (κ3) is 3.33. The molecule has 1 aliphatic rings. The summed E-state index contributed by atoms with van der Waals surface area (Å²) in [5, 5.41) is 20.1. The van der Waals surface area contributed by atoms with E-state index < -0.39 is 11.9 Å². The molecule has 3 aromatic rings. The number of aromatic nitrogens is 3. The number of nitrogens with one attached hydrogen (secondary N) is 1. The van der Waals surface area contributed by atoms with Gasteiger partial charge in [0.2, 0.25) is 5.91 Å². The fraction of sp³-hybridized carbons (Fsp3) is 0.278. The third-order valence-electron chi connectivity index (χ3n) is 4.55. The van der Waals surface area contributed by atoms with E-state index in [1.54, 1.807) is 0 Å². The molecule has 4 rings (SSSR count). The normalized spacial score (nSPS) is 13.3. The molecule has 2 aromatic heterocycles. The number of fused-ring (bicyclic) bond motifs is 3. The summed E-state index contributed by atoms with van der Waals surface area (Å²) in [6, 6.07) is 5.78. The Morgan fingerprint density at radius 3 is 2.67 bits per heavy atom. The molecule has 27 heavy (non-hydrogen) atoms. The quantitative estimate of drug-likeness (QED) is 0.712. The molecule has 8 nitrogen and oxygen atoms in total. The number of anilines is 1. The van der Waals surface area contributed by atoms with Gasteiger partial charge < -0.3 is 10.4 Å². The second-order valence-electron chi connectivity index (χ2n) is 6.37. The van der Waals surface area contributed by atoms with Crippen LogP contribution < -0.4 is 10.9 Å². The van der Waals surface area contributed by atoms with E-state index in [4.69, 9.17) is 5.11 Å². The lowest BCUT2D eigenvalue weighted by Crippen LogP contribution is -2.30. The van der Waals surface area contributed by atoms with Gasteiger partial charge in [0.05, 0.1) is 10.9 Å². The minimum Gasteiger partial charge on any atom is -0.478 e. The summed E-state index contributed by atoms with van der Waals surface area (Å²) in [5.74, 6) is -1.47. The summed E-state index contributed by atoms with van der Waals surface area (Å²) in [6.45, 7) is -0.257. The smallest absolute Gasteiger partial charge is 0.335 e. The van der Waals surface area contributed by atoms with Gasteiger partial charge in [-0.1, -0.05) is 5.21 Å². The Kier molecular flexibility index (Phi) is 4.44. The lowest BCUT2D eigenvalue weighted by molar-refractivity contribution is -0.117. The van der Waals surface area contributed by atoms with Crippen molar-refractivity contribution in [1.29, 1.82) is 0 Å². The van der Waals surface area contributed by atoms with Crippen molar-refractivity contribution in [2.45, 2.75) is 32.2 Å². The van der Waals surface area contributed by atoms with E-state index >= 15 is 0 Å². The number of carbonyl (C=O) groups excluding carboxylic acids is 1. The van der Waals surface area contributed by atoms with Gasteiger partial charge in [-0.2, -0.15) is 0 Å². The molecule has 0 atom stereocenters. The van der Waals surface area contributed by atoms with Gasteiger partial charge in [0.15, 0.2) is 4.83 Å². The summed E-state index contributed by atoms with van der Waals surface area (Å²) in [4.78, 5) is 37.7. The Balaban J connectivity index is 1.56. The Morgan fingerprint density at radius 1 is 1.19 bits per heavy atom. The highest BCUT2D eigenvalue weighted by Crippen LogP contribution is 2.33. The predicted octanol–water partition coefficient (Wildman–Crippen LogP) is 2.07. The van der Waals surface area contributed by atoms with Gasteiger partial charge in [0.25, 0.3) is 5.56 Å². The third-order valence-corrected chi connectivity index (χ3v) is 5.73. The van der Waals surface area contributed by atoms with Gasteiger partial charge in [0, 0.05) is 10.6 Å². The van der Waals surface area contributed by atoms with Gasteiger partial charge >= 0.3 is 5.97 Å². The van der Waals surface area contributed by atoms with Crippen molar-refractivity contribution in [3.63, 3.8) is 0 Å². The maximum absolute atomic E-state index is 12.8. The molecular formula is C18H16N4O4S. The number of hydrogen-bond acceptors (Lipinski definition) is 6. The molecule has 9 heteroatoms. The van der Waals surface area contributed by atoms with E-state index in [2.05, 4.69) is 15.6 Å². The number of thiophene rings is 1. The average molecular weight is 384 g/mol. The van der Waals surface area contributed by atoms with Crippen LogP contribution in [-0.2, 0) is 24.2 Å². The first-order valence-electron chi connectivity index (χ1n) is 8.54. The van der Waals surface area contributed by atoms with Crippen LogP contribution in [0, 0.1) is 0 Å². The maximum atomic E-state index is 12.8. The first-order chi connectivity index (χ1) is 13.0. The Labute approximate surface area is 157 Å². The van der Waals surface area contributed by atoms with Crippen molar-refractivity contribution in [2.24, 2.45) is 0 Å². The van der Waals surface area contributed by atoms with E-state index in [9.17, 15) is 14.4 Å². The van der Waals surface area contributed by atoms with Gasteiger partial charge in [-0.25, -0.2) is 9.48 Å². The number of carbonyl (C=O) groups is 2. The molecule has 0 bridgehead atoms. The van der Waals surface area contributed by atoms with Crippen molar-refractivity contribution in [2.75, 3.05) is 5.32 Å². The number of rotatable bonds is 4. The van der Waals surface area contributed by atoms with Gasteiger partial charge in [-0.05, 0) is 55.5 Å². The monoisotopic (exact) mass is 384 g/mol. The molecule has 0 radical (unpaired) electrons. The van der Waals surface area contributed by atoms with Crippen LogP contribution in [-0.4, -0.2) is 32.0 Å². The van der Waals surface area contributed by atoms with Crippen LogP contribution in [0.4, 0.5) is 5.69 Å². The summed E-state index contributed by atoms with van der Waals surface area (Å²) in [6.07, 6.45) is 3.99.